The predicted octanol–water partition coefficient (Wildman–Crippen LogP) is 1.66. The lowest BCUT2D eigenvalue weighted by molar-refractivity contribution is -0.137. The Morgan fingerprint density at radius 3 is 2.89 bits per heavy atom. The first kappa shape index (κ1) is 13.5. The van der Waals surface area contributed by atoms with Crippen LogP contribution in [0.25, 0.3) is 0 Å². The summed E-state index contributed by atoms with van der Waals surface area (Å²) in [5.74, 6) is -0.349. The van der Waals surface area contributed by atoms with E-state index >= 15 is 0 Å². The van der Waals surface area contributed by atoms with Gasteiger partial charge in [0, 0.05) is 18.5 Å². The number of nitrogens with one attached hydrogen (secondary N) is 1. The molecule has 0 radical (unpaired) electrons. The number of ether oxygens (including phenoxy) is 2. The minimum Gasteiger partial charge on any atom is -0.481 e. The van der Waals surface area contributed by atoms with Gasteiger partial charge in [-0.2, -0.15) is 0 Å². The molecule has 0 fully saturated rings. The van der Waals surface area contributed by atoms with Crippen LogP contribution in [0.4, 0.5) is 0 Å². The Labute approximate surface area is 114 Å². The van der Waals surface area contributed by atoms with Crippen molar-refractivity contribution in [2.75, 3.05) is 13.3 Å². The van der Waals surface area contributed by atoms with E-state index in [-0.39, 0.29) is 25.7 Å². The zero-order chi connectivity index (χ0) is 13.8. The first-order chi connectivity index (χ1) is 9.08. The fraction of sp³-hybridized carbons (Fsp3) is 0.333. The lowest BCUT2D eigenvalue weighted by Gasteiger charge is -2.06. The van der Waals surface area contributed by atoms with Gasteiger partial charge < -0.3 is 19.9 Å². The summed E-state index contributed by atoms with van der Waals surface area (Å²) in [6.45, 7) is 0.371. The Kier molecular flexibility index (Phi) is 4.11. The van der Waals surface area contributed by atoms with Crippen LogP contribution in [0.5, 0.6) is 11.5 Å². The number of benzene rings is 1. The molecule has 0 bridgehead atoms. The van der Waals surface area contributed by atoms with Gasteiger partial charge in [-0.05, 0) is 18.6 Å². The molecule has 2 rings (SSSR count). The van der Waals surface area contributed by atoms with Crippen LogP contribution in [0.2, 0.25) is 5.02 Å². The Morgan fingerprint density at radius 2 is 2.16 bits per heavy atom. The molecule has 0 spiro atoms. The third kappa shape index (κ3) is 3.29. The number of carbonyl (C=O) groups is 2. The second kappa shape index (κ2) is 5.79. The maximum Gasteiger partial charge on any atom is 0.303 e. The SMILES string of the molecule is O=C(O)CCCNC(=O)c1cc(Cl)c2c(c1)OCO2. The van der Waals surface area contributed by atoms with Crippen molar-refractivity contribution in [2.45, 2.75) is 12.8 Å². The van der Waals surface area contributed by atoms with E-state index in [2.05, 4.69) is 5.32 Å². The normalized spacial score (nSPS) is 12.3. The van der Waals surface area contributed by atoms with Crippen LogP contribution in [-0.4, -0.2) is 30.3 Å². The van der Waals surface area contributed by atoms with E-state index in [4.69, 9.17) is 26.2 Å². The zero-order valence-electron chi connectivity index (χ0n) is 9.94. The van der Waals surface area contributed by atoms with Crippen LogP contribution in [-0.2, 0) is 4.79 Å². The maximum absolute atomic E-state index is 11.8. The summed E-state index contributed by atoms with van der Waals surface area (Å²) in [5.41, 5.74) is 0.351. The summed E-state index contributed by atoms with van der Waals surface area (Å²) in [6.07, 6.45) is 0.390. The second-order valence-corrected chi connectivity index (χ2v) is 4.35. The molecule has 1 aromatic rings. The first-order valence-corrected chi connectivity index (χ1v) is 6.05. The molecule has 0 aliphatic carbocycles. The van der Waals surface area contributed by atoms with Gasteiger partial charge in [0.15, 0.2) is 11.5 Å². The van der Waals surface area contributed by atoms with E-state index in [0.717, 1.165) is 0 Å². The van der Waals surface area contributed by atoms with Crippen molar-refractivity contribution in [3.63, 3.8) is 0 Å². The molecular formula is C12H12ClNO5. The summed E-state index contributed by atoms with van der Waals surface area (Å²) in [6, 6.07) is 3.03. The van der Waals surface area contributed by atoms with E-state index in [1.807, 2.05) is 0 Å². The highest BCUT2D eigenvalue weighted by Gasteiger charge is 2.20. The molecule has 7 heteroatoms. The summed E-state index contributed by atoms with van der Waals surface area (Å²) < 4.78 is 10.3. The summed E-state index contributed by atoms with van der Waals surface area (Å²) in [4.78, 5) is 22.2. The Balaban J connectivity index is 1.96. The number of hydrogen-bond donors (Lipinski definition) is 2. The smallest absolute Gasteiger partial charge is 0.303 e. The number of rotatable bonds is 5. The monoisotopic (exact) mass is 285 g/mol. The van der Waals surface area contributed by atoms with Gasteiger partial charge in [0.25, 0.3) is 5.91 Å². The average molecular weight is 286 g/mol. The number of hydrogen-bond acceptors (Lipinski definition) is 4. The van der Waals surface area contributed by atoms with Crippen LogP contribution in [0, 0.1) is 0 Å². The zero-order valence-corrected chi connectivity index (χ0v) is 10.7. The van der Waals surface area contributed by atoms with Gasteiger partial charge in [-0.3, -0.25) is 9.59 Å². The van der Waals surface area contributed by atoms with Gasteiger partial charge in [0.05, 0.1) is 5.02 Å². The number of carboxylic acids is 1. The van der Waals surface area contributed by atoms with Crippen molar-refractivity contribution < 1.29 is 24.2 Å². The number of fused-ring (bicyclic) bond motifs is 1. The molecule has 2 N–H and O–H groups in total. The van der Waals surface area contributed by atoms with E-state index < -0.39 is 5.97 Å². The summed E-state index contributed by atoms with van der Waals surface area (Å²) in [5, 5.41) is 11.4. The van der Waals surface area contributed by atoms with Crippen molar-refractivity contribution in [2.24, 2.45) is 0 Å². The van der Waals surface area contributed by atoms with Gasteiger partial charge in [-0.1, -0.05) is 11.6 Å². The predicted molar refractivity (Wildman–Crippen MR) is 66.8 cm³/mol. The van der Waals surface area contributed by atoms with Crippen molar-refractivity contribution in [3.05, 3.63) is 22.7 Å². The lowest BCUT2D eigenvalue weighted by Crippen LogP contribution is -2.24. The number of aliphatic carboxylic acids is 1. The first-order valence-electron chi connectivity index (χ1n) is 5.67. The molecular weight excluding hydrogens is 274 g/mol. The third-order valence-electron chi connectivity index (χ3n) is 2.54. The minimum atomic E-state index is -0.889. The van der Waals surface area contributed by atoms with Crippen molar-refractivity contribution >= 4 is 23.5 Å². The van der Waals surface area contributed by atoms with Gasteiger partial charge in [-0.15, -0.1) is 0 Å². The number of carbonyl (C=O) groups excluding carboxylic acids is 1. The molecule has 0 unspecified atom stereocenters. The molecule has 0 saturated carbocycles. The Bertz CT molecular complexity index is 517. The molecule has 6 nitrogen and oxygen atoms in total. The standard InChI is InChI=1S/C12H12ClNO5/c13-8-4-7(5-9-11(8)19-6-18-9)12(17)14-3-1-2-10(15)16/h4-5H,1-3,6H2,(H,14,17)(H,15,16). The Hall–Kier alpha value is -1.95. The fourth-order valence-corrected chi connectivity index (χ4v) is 1.91. The highest BCUT2D eigenvalue weighted by Crippen LogP contribution is 2.39. The molecule has 102 valence electrons. The highest BCUT2D eigenvalue weighted by molar-refractivity contribution is 6.32. The molecule has 19 heavy (non-hydrogen) atoms. The molecule has 1 aliphatic rings. The van der Waals surface area contributed by atoms with E-state index in [1.165, 1.54) is 6.07 Å². The van der Waals surface area contributed by atoms with Gasteiger partial charge in [0.1, 0.15) is 0 Å². The fourth-order valence-electron chi connectivity index (χ4n) is 1.64. The number of carboxylic acid groups (broad SMARTS) is 1. The number of halogens is 1. The minimum absolute atomic E-state index is 0.0160. The molecule has 0 aromatic heterocycles. The van der Waals surface area contributed by atoms with Crippen LogP contribution >= 0.6 is 11.6 Å². The van der Waals surface area contributed by atoms with Crippen LogP contribution in [0.15, 0.2) is 12.1 Å². The third-order valence-corrected chi connectivity index (χ3v) is 2.82. The maximum atomic E-state index is 11.8. The van der Waals surface area contributed by atoms with Crippen LogP contribution < -0.4 is 14.8 Å². The van der Waals surface area contributed by atoms with Crippen LogP contribution in [0.3, 0.4) is 0 Å². The van der Waals surface area contributed by atoms with E-state index in [0.29, 0.717) is 28.5 Å². The topological polar surface area (TPSA) is 84.9 Å². The molecule has 1 aliphatic heterocycles. The largest absolute Gasteiger partial charge is 0.481 e. The summed E-state index contributed by atoms with van der Waals surface area (Å²) in [7, 11) is 0. The molecule has 1 amide bonds. The molecule has 1 aromatic carbocycles. The number of amides is 1. The van der Waals surface area contributed by atoms with Crippen molar-refractivity contribution in [1.29, 1.82) is 0 Å². The van der Waals surface area contributed by atoms with Crippen LogP contribution in [0.1, 0.15) is 23.2 Å². The van der Waals surface area contributed by atoms with Crippen molar-refractivity contribution in [1.82, 2.24) is 5.32 Å². The van der Waals surface area contributed by atoms with Crippen molar-refractivity contribution in [3.8, 4) is 11.5 Å². The quantitative estimate of drug-likeness (QED) is 0.804. The average Bonchev–Trinajstić information content (AvgIpc) is 2.82. The van der Waals surface area contributed by atoms with Gasteiger partial charge in [-0.25, -0.2) is 0 Å². The Morgan fingerprint density at radius 1 is 1.37 bits per heavy atom. The van der Waals surface area contributed by atoms with Gasteiger partial charge in [0.2, 0.25) is 6.79 Å². The molecule has 0 atom stereocenters. The highest BCUT2D eigenvalue weighted by atomic mass is 35.5. The summed E-state index contributed by atoms with van der Waals surface area (Å²) >= 11 is 5.96. The molecule has 1 heterocycles. The van der Waals surface area contributed by atoms with E-state index in [9.17, 15) is 9.59 Å². The lowest BCUT2D eigenvalue weighted by atomic mass is 10.2. The molecule has 0 saturated heterocycles. The second-order valence-electron chi connectivity index (χ2n) is 3.95. The van der Waals surface area contributed by atoms with E-state index in [1.54, 1.807) is 6.07 Å². The van der Waals surface area contributed by atoms with Gasteiger partial charge >= 0.3 is 5.97 Å².